The Balaban J connectivity index is 1.80. The van der Waals surface area contributed by atoms with E-state index in [0.29, 0.717) is 18.4 Å². The van der Waals surface area contributed by atoms with Gasteiger partial charge in [-0.25, -0.2) is 4.39 Å². The molecule has 3 rings (SSSR count). The molecule has 3 atom stereocenters. The van der Waals surface area contributed by atoms with Crippen molar-refractivity contribution in [1.82, 2.24) is 0 Å². The molecule has 84 valence electrons. The molecule has 1 aromatic carbocycles. The van der Waals surface area contributed by atoms with E-state index in [0.717, 1.165) is 12.2 Å². The van der Waals surface area contributed by atoms with Gasteiger partial charge in [-0.3, -0.25) is 4.79 Å². The van der Waals surface area contributed by atoms with E-state index in [1.54, 1.807) is 17.0 Å². The molecule has 4 heteroatoms. The average Bonchev–Trinajstić information content (AvgIpc) is 2.90. The highest BCUT2D eigenvalue weighted by Gasteiger charge is 2.60. The Bertz CT molecular complexity index is 431. The predicted molar refractivity (Wildman–Crippen MR) is 58.3 cm³/mol. The Kier molecular flexibility index (Phi) is 2.01. The molecule has 1 aliphatic heterocycles. The Morgan fingerprint density at radius 3 is 2.56 bits per heavy atom. The van der Waals surface area contributed by atoms with Gasteiger partial charge in [-0.1, -0.05) is 0 Å². The summed E-state index contributed by atoms with van der Waals surface area (Å²) < 4.78 is 12.8. The van der Waals surface area contributed by atoms with E-state index >= 15 is 0 Å². The number of nitrogens with zero attached hydrogens (tertiary/aromatic N) is 1. The number of amides is 1. The third-order valence-corrected chi connectivity index (χ3v) is 3.69. The van der Waals surface area contributed by atoms with Gasteiger partial charge in [0, 0.05) is 18.2 Å². The van der Waals surface area contributed by atoms with E-state index in [1.807, 2.05) is 0 Å². The molecule has 1 heterocycles. The van der Waals surface area contributed by atoms with E-state index in [9.17, 15) is 9.18 Å². The van der Waals surface area contributed by atoms with Gasteiger partial charge in [0.1, 0.15) is 5.82 Å². The molecule has 2 fully saturated rings. The second kappa shape index (κ2) is 3.28. The normalized spacial score (nSPS) is 31.8. The van der Waals surface area contributed by atoms with Gasteiger partial charge in [-0.15, -0.1) is 0 Å². The molecule has 1 aromatic rings. The quantitative estimate of drug-likeness (QED) is 0.808. The highest BCUT2D eigenvalue weighted by Crippen LogP contribution is 2.52. The Labute approximate surface area is 93.0 Å². The van der Waals surface area contributed by atoms with Crippen molar-refractivity contribution >= 4 is 11.6 Å². The van der Waals surface area contributed by atoms with E-state index in [-0.39, 0.29) is 17.6 Å². The molecule has 0 bridgehead atoms. The number of fused-ring (bicyclic) bond motifs is 1. The van der Waals surface area contributed by atoms with Gasteiger partial charge in [0.05, 0.1) is 0 Å². The van der Waals surface area contributed by atoms with Gasteiger partial charge in [-0.2, -0.15) is 0 Å². The maximum absolute atomic E-state index is 12.8. The minimum Gasteiger partial charge on any atom is -0.330 e. The van der Waals surface area contributed by atoms with Crippen molar-refractivity contribution in [3.63, 3.8) is 0 Å². The molecule has 1 amide bonds. The molecular weight excluding hydrogens is 207 g/mol. The Morgan fingerprint density at radius 1 is 1.38 bits per heavy atom. The zero-order valence-corrected chi connectivity index (χ0v) is 8.77. The highest BCUT2D eigenvalue weighted by atomic mass is 19.1. The first-order valence-corrected chi connectivity index (χ1v) is 5.49. The number of anilines is 1. The lowest BCUT2D eigenvalue weighted by molar-refractivity contribution is -0.119. The van der Waals surface area contributed by atoms with Crippen LogP contribution in [0.3, 0.4) is 0 Å². The fraction of sp³-hybridized carbons (Fsp3) is 0.417. The van der Waals surface area contributed by atoms with Gasteiger partial charge in [0.25, 0.3) is 0 Å². The summed E-state index contributed by atoms with van der Waals surface area (Å²) in [5.41, 5.74) is 6.36. The highest BCUT2D eigenvalue weighted by molar-refractivity contribution is 6.00. The largest absolute Gasteiger partial charge is 0.330 e. The van der Waals surface area contributed by atoms with Crippen LogP contribution in [-0.4, -0.2) is 19.0 Å². The summed E-state index contributed by atoms with van der Waals surface area (Å²) in [6.45, 7) is 1.33. The van der Waals surface area contributed by atoms with Crippen LogP contribution in [0.2, 0.25) is 0 Å². The second-order valence-electron chi connectivity index (χ2n) is 4.51. The summed E-state index contributed by atoms with van der Waals surface area (Å²) in [5, 5.41) is 0. The average molecular weight is 220 g/mol. The number of carbonyl (C=O) groups excluding carboxylic acids is 1. The fourth-order valence-electron chi connectivity index (χ4n) is 2.72. The minimum atomic E-state index is -0.277. The van der Waals surface area contributed by atoms with Crippen molar-refractivity contribution in [2.75, 3.05) is 18.0 Å². The SMILES string of the molecule is NCC1C2CN(c3ccc(F)cc3)C(=O)C12. The van der Waals surface area contributed by atoms with Crippen LogP contribution in [0.25, 0.3) is 0 Å². The first kappa shape index (κ1) is 9.78. The van der Waals surface area contributed by atoms with Crippen LogP contribution in [0.1, 0.15) is 0 Å². The van der Waals surface area contributed by atoms with Gasteiger partial charge >= 0.3 is 0 Å². The zero-order valence-electron chi connectivity index (χ0n) is 8.77. The molecule has 3 unspecified atom stereocenters. The van der Waals surface area contributed by atoms with Crippen LogP contribution in [-0.2, 0) is 4.79 Å². The minimum absolute atomic E-state index is 0.120. The molecule has 3 nitrogen and oxygen atoms in total. The van der Waals surface area contributed by atoms with E-state index in [2.05, 4.69) is 0 Å². The molecule has 1 saturated heterocycles. The fourth-order valence-corrected chi connectivity index (χ4v) is 2.72. The first-order valence-electron chi connectivity index (χ1n) is 5.49. The summed E-state index contributed by atoms with van der Waals surface area (Å²) in [6, 6.07) is 6.06. The van der Waals surface area contributed by atoms with Crippen LogP contribution in [0, 0.1) is 23.6 Å². The van der Waals surface area contributed by atoms with Gasteiger partial charge in [-0.05, 0) is 42.6 Å². The standard InChI is InChI=1S/C12H13FN2O/c13-7-1-3-8(4-2-7)15-6-10-9(5-14)11(10)12(15)16/h1-4,9-11H,5-6,14H2. The third-order valence-electron chi connectivity index (χ3n) is 3.69. The molecule has 1 aliphatic carbocycles. The summed E-state index contributed by atoms with van der Waals surface area (Å²) in [7, 11) is 0. The summed E-state index contributed by atoms with van der Waals surface area (Å²) in [5.74, 6) is 0.786. The maximum Gasteiger partial charge on any atom is 0.230 e. The van der Waals surface area contributed by atoms with E-state index < -0.39 is 0 Å². The number of nitrogens with two attached hydrogens (primary N) is 1. The summed E-state index contributed by atoms with van der Waals surface area (Å²) >= 11 is 0. The molecule has 0 spiro atoms. The van der Waals surface area contributed by atoms with Crippen LogP contribution in [0.4, 0.5) is 10.1 Å². The van der Waals surface area contributed by atoms with E-state index in [1.165, 1.54) is 12.1 Å². The first-order chi connectivity index (χ1) is 7.72. The van der Waals surface area contributed by atoms with Crippen LogP contribution >= 0.6 is 0 Å². The van der Waals surface area contributed by atoms with Crippen molar-refractivity contribution in [3.05, 3.63) is 30.1 Å². The summed E-state index contributed by atoms with van der Waals surface area (Å²) in [6.07, 6.45) is 0. The Morgan fingerprint density at radius 2 is 2.06 bits per heavy atom. The maximum atomic E-state index is 12.8. The Hall–Kier alpha value is -1.42. The number of halogens is 1. The number of hydrogen-bond donors (Lipinski definition) is 1. The molecule has 2 N–H and O–H groups in total. The zero-order chi connectivity index (χ0) is 11.3. The number of rotatable bonds is 2. The lowest BCUT2D eigenvalue weighted by atomic mass is 10.2. The molecule has 16 heavy (non-hydrogen) atoms. The van der Waals surface area contributed by atoms with Gasteiger partial charge in [0.2, 0.25) is 5.91 Å². The van der Waals surface area contributed by atoms with Gasteiger partial charge < -0.3 is 10.6 Å². The van der Waals surface area contributed by atoms with Crippen molar-refractivity contribution < 1.29 is 9.18 Å². The number of piperidine rings is 1. The van der Waals surface area contributed by atoms with Crippen LogP contribution in [0.15, 0.2) is 24.3 Å². The predicted octanol–water partition coefficient (Wildman–Crippen LogP) is 0.993. The van der Waals surface area contributed by atoms with Crippen molar-refractivity contribution in [3.8, 4) is 0 Å². The van der Waals surface area contributed by atoms with Crippen molar-refractivity contribution in [2.24, 2.45) is 23.5 Å². The van der Waals surface area contributed by atoms with Gasteiger partial charge in [0.15, 0.2) is 0 Å². The van der Waals surface area contributed by atoms with Crippen LogP contribution in [0.5, 0.6) is 0 Å². The topological polar surface area (TPSA) is 46.3 Å². The lowest BCUT2D eigenvalue weighted by Crippen LogP contribution is -2.31. The van der Waals surface area contributed by atoms with Crippen molar-refractivity contribution in [2.45, 2.75) is 0 Å². The molecular formula is C12H13FN2O. The monoisotopic (exact) mass is 220 g/mol. The lowest BCUT2D eigenvalue weighted by Gasteiger charge is -2.19. The molecule has 0 aromatic heterocycles. The number of benzene rings is 1. The number of hydrogen-bond acceptors (Lipinski definition) is 2. The third kappa shape index (κ3) is 1.26. The van der Waals surface area contributed by atoms with Crippen LogP contribution < -0.4 is 10.6 Å². The number of carbonyl (C=O) groups is 1. The smallest absolute Gasteiger partial charge is 0.230 e. The molecule has 1 saturated carbocycles. The van der Waals surface area contributed by atoms with Crippen molar-refractivity contribution in [1.29, 1.82) is 0 Å². The second-order valence-corrected chi connectivity index (χ2v) is 4.51. The van der Waals surface area contributed by atoms with E-state index in [4.69, 9.17) is 5.73 Å². The molecule has 0 radical (unpaired) electrons. The summed E-state index contributed by atoms with van der Waals surface area (Å²) in [4.78, 5) is 13.7. The molecule has 2 aliphatic rings.